The van der Waals surface area contributed by atoms with Crippen molar-refractivity contribution in [3.05, 3.63) is 62.5 Å². The first kappa shape index (κ1) is 15.9. The zero-order chi connectivity index (χ0) is 16.2. The molecule has 1 heterocycles. The molecule has 5 nitrogen and oxygen atoms in total. The first-order valence-corrected chi connectivity index (χ1v) is 8.50. The highest BCUT2D eigenvalue weighted by Crippen LogP contribution is 2.38. The minimum atomic E-state index is -0.128. The van der Waals surface area contributed by atoms with Crippen LogP contribution in [0.1, 0.15) is 30.0 Å². The summed E-state index contributed by atoms with van der Waals surface area (Å²) < 4.78 is 2.43. The lowest BCUT2D eigenvalue weighted by Gasteiger charge is -2.08. The van der Waals surface area contributed by atoms with Gasteiger partial charge in [-0.05, 0) is 36.6 Å². The van der Waals surface area contributed by atoms with Gasteiger partial charge in [0.15, 0.2) is 0 Å². The molecule has 1 fully saturated rings. The van der Waals surface area contributed by atoms with Crippen molar-refractivity contribution in [2.75, 3.05) is 6.54 Å². The third kappa shape index (κ3) is 4.51. The average Bonchev–Trinajstić information content (AvgIpc) is 3.36. The summed E-state index contributed by atoms with van der Waals surface area (Å²) in [6.07, 6.45) is 2.63. The molecule has 1 aromatic heterocycles. The van der Waals surface area contributed by atoms with E-state index in [0.29, 0.717) is 25.4 Å². The van der Waals surface area contributed by atoms with E-state index in [1.807, 2.05) is 30.3 Å². The minimum absolute atomic E-state index is 0.0567. The molecular weight excluding hydrogens is 358 g/mol. The highest BCUT2D eigenvalue weighted by Gasteiger charge is 2.25. The average molecular weight is 376 g/mol. The van der Waals surface area contributed by atoms with Crippen molar-refractivity contribution < 1.29 is 4.79 Å². The number of carbonyl (C=O) groups is 1. The lowest BCUT2D eigenvalue weighted by Crippen LogP contribution is -2.32. The van der Waals surface area contributed by atoms with Gasteiger partial charge in [-0.3, -0.25) is 9.59 Å². The van der Waals surface area contributed by atoms with Gasteiger partial charge in [-0.15, -0.1) is 0 Å². The number of aromatic nitrogens is 2. The number of halogens is 1. The molecule has 1 aromatic carbocycles. The molecule has 0 aliphatic heterocycles. The van der Waals surface area contributed by atoms with Crippen LogP contribution < -0.4 is 10.9 Å². The van der Waals surface area contributed by atoms with Crippen molar-refractivity contribution in [2.24, 2.45) is 0 Å². The molecule has 1 saturated carbocycles. The van der Waals surface area contributed by atoms with E-state index < -0.39 is 0 Å². The molecule has 6 heteroatoms. The monoisotopic (exact) mass is 375 g/mol. The van der Waals surface area contributed by atoms with Crippen molar-refractivity contribution in [1.29, 1.82) is 0 Å². The van der Waals surface area contributed by atoms with Gasteiger partial charge in [-0.25, -0.2) is 4.68 Å². The van der Waals surface area contributed by atoms with Gasteiger partial charge < -0.3 is 5.32 Å². The Labute approximate surface area is 142 Å². The predicted molar refractivity (Wildman–Crippen MR) is 91.3 cm³/mol. The summed E-state index contributed by atoms with van der Waals surface area (Å²) in [5.41, 5.74) is 1.80. The first-order valence-electron chi connectivity index (χ1n) is 7.71. The van der Waals surface area contributed by atoms with Gasteiger partial charge in [-0.1, -0.05) is 28.1 Å². The SMILES string of the molecule is O=C(Cc1ccc(Br)cc1)NCCn1nc(C2CC2)ccc1=O. The maximum atomic E-state index is 11.9. The molecule has 1 aliphatic rings. The molecule has 0 saturated heterocycles. The fourth-order valence-electron chi connectivity index (χ4n) is 2.37. The molecule has 120 valence electrons. The summed E-state index contributed by atoms with van der Waals surface area (Å²) in [5.74, 6) is 0.451. The fraction of sp³-hybridized carbons (Fsp3) is 0.353. The number of hydrogen-bond acceptors (Lipinski definition) is 3. The van der Waals surface area contributed by atoms with E-state index in [2.05, 4.69) is 26.3 Å². The number of benzene rings is 1. The van der Waals surface area contributed by atoms with Crippen molar-refractivity contribution in [3.63, 3.8) is 0 Å². The molecule has 0 bridgehead atoms. The second-order valence-electron chi connectivity index (χ2n) is 5.75. The van der Waals surface area contributed by atoms with Crippen molar-refractivity contribution >= 4 is 21.8 Å². The Hall–Kier alpha value is -1.95. The Morgan fingerprint density at radius 1 is 1.22 bits per heavy atom. The molecule has 1 aliphatic carbocycles. The van der Waals surface area contributed by atoms with Gasteiger partial charge in [0.25, 0.3) is 5.56 Å². The smallest absolute Gasteiger partial charge is 0.266 e. The third-order valence-corrected chi connectivity index (χ3v) is 4.34. The van der Waals surface area contributed by atoms with Crippen molar-refractivity contribution in [2.45, 2.75) is 31.7 Å². The second kappa shape index (κ2) is 7.08. The topological polar surface area (TPSA) is 64.0 Å². The Morgan fingerprint density at radius 3 is 2.65 bits per heavy atom. The van der Waals surface area contributed by atoms with E-state index in [4.69, 9.17) is 0 Å². The summed E-state index contributed by atoms with van der Waals surface area (Å²) >= 11 is 3.37. The second-order valence-corrected chi connectivity index (χ2v) is 6.66. The molecule has 0 radical (unpaired) electrons. The zero-order valence-electron chi connectivity index (χ0n) is 12.7. The van der Waals surface area contributed by atoms with E-state index in [-0.39, 0.29) is 11.5 Å². The normalized spacial score (nSPS) is 13.8. The fourth-order valence-corrected chi connectivity index (χ4v) is 2.64. The summed E-state index contributed by atoms with van der Waals surface area (Å²) in [7, 11) is 0. The quantitative estimate of drug-likeness (QED) is 0.841. The standard InChI is InChI=1S/C17H18BrN3O2/c18-14-5-1-12(2-6-14)11-16(22)19-9-10-21-17(23)8-7-15(20-21)13-3-4-13/h1-2,5-8,13H,3-4,9-11H2,(H,19,22). The van der Waals surface area contributed by atoms with Crippen LogP contribution in [0.2, 0.25) is 0 Å². The third-order valence-electron chi connectivity index (χ3n) is 3.81. The van der Waals surface area contributed by atoms with E-state index in [0.717, 1.165) is 28.6 Å². The van der Waals surface area contributed by atoms with E-state index in [9.17, 15) is 9.59 Å². The van der Waals surface area contributed by atoms with Crippen LogP contribution in [0, 0.1) is 0 Å². The van der Waals surface area contributed by atoms with E-state index in [1.165, 1.54) is 4.68 Å². The van der Waals surface area contributed by atoms with Crippen LogP contribution in [-0.2, 0) is 17.8 Å². The largest absolute Gasteiger partial charge is 0.354 e. The Balaban J connectivity index is 1.50. The number of rotatable bonds is 6. The molecule has 23 heavy (non-hydrogen) atoms. The molecule has 0 atom stereocenters. The molecule has 0 unspecified atom stereocenters. The highest BCUT2D eigenvalue weighted by atomic mass is 79.9. The molecule has 1 N–H and O–H groups in total. The van der Waals surface area contributed by atoms with Crippen molar-refractivity contribution in [3.8, 4) is 0 Å². The Kier molecular flexibility index (Phi) is 4.91. The van der Waals surface area contributed by atoms with E-state index >= 15 is 0 Å². The summed E-state index contributed by atoms with van der Waals surface area (Å²) in [6, 6.07) is 11.0. The van der Waals surface area contributed by atoms with Gasteiger partial charge in [0, 0.05) is 23.0 Å². The van der Waals surface area contributed by atoms with Crippen LogP contribution in [-0.4, -0.2) is 22.2 Å². The summed E-state index contributed by atoms with van der Waals surface area (Å²) in [6.45, 7) is 0.794. The predicted octanol–water partition coefficient (Wildman–Crippen LogP) is 2.24. The van der Waals surface area contributed by atoms with Crippen LogP contribution in [0.5, 0.6) is 0 Å². The lowest BCUT2D eigenvalue weighted by atomic mass is 10.1. The van der Waals surface area contributed by atoms with Crippen molar-refractivity contribution in [1.82, 2.24) is 15.1 Å². The van der Waals surface area contributed by atoms with Gasteiger partial charge in [0.1, 0.15) is 0 Å². The number of amides is 1. The summed E-state index contributed by atoms with van der Waals surface area (Å²) in [5, 5.41) is 7.21. The van der Waals surface area contributed by atoms with Gasteiger partial charge in [0.05, 0.1) is 18.7 Å². The number of nitrogens with one attached hydrogen (secondary N) is 1. The maximum absolute atomic E-state index is 11.9. The minimum Gasteiger partial charge on any atom is -0.354 e. The lowest BCUT2D eigenvalue weighted by molar-refractivity contribution is -0.120. The van der Waals surface area contributed by atoms with Crippen LogP contribution in [0.3, 0.4) is 0 Å². The number of carbonyl (C=O) groups excluding carboxylic acids is 1. The Bertz CT molecular complexity index is 751. The van der Waals surface area contributed by atoms with Crippen LogP contribution in [0.25, 0.3) is 0 Å². The molecule has 3 rings (SSSR count). The highest BCUT2D eigenvalue weighted by molar-refractivity contribution is 9.10. The first-order chi connectivity index (χ1) is 11.1. The van der Waals surface area contributed by atoms with Crippen LogP contribution in [0.15, 0.2) is 45.7 Å². The molecular formula is C17H18BrN3O2. The maximum Gasteiger partial charge on any atom is 0.266 e. The molecule has 0 spiro atoms. The summed E-state index contributed by atoms with van der Waals surface area (Å²) in [4.78, 5) is 23.7. The molecule has 1 amide bonds. The Morgan fingerprint density at radius 2 is 1.96 bits per heavy atom. The van der Waals surface area contributed by atoms with Gasteiger partial charge >= 0.3 is 0 Å². The van der Waals surface area contributed by atoms with Gasteiger partial charge in [0.2, 0.25) is 5.91 Å². The van der Waals surface area contributed by atoms with Gasteiger partial charge in [-0.2, -0.15) is 5.10 Å². The van der Waals surface area contributed by atoms with Crippen LogP contribution >= 0.6 is 15.9 Å². The molecule has 2 aromatic rings. The number of nitrogens with zero attached hydrogens (tertiary/aromatic N) is 2. The van der Waals surface area contributed by atoms with Crippen LogP contribution in [0.4, 0.5) is 0 Å². The van der Waals surface area contributed by atoms with E-state index in [1.54, 1.807) is 6.07 Å². The zero-order valence-corrected chi connectivity index (χ0v) is 14.3. The number of hydrogen-bond donors (Lipinski definition) is 1.